The lowest BCUT2D eigenvalue weighted by molar-refractivity contribution is 0.0775. The second-order valence-electron chi connectivity index (χ2n) is 4.80. The topological polar surface area (TPSA) is 84.4 Å². The summed E-state index contributed by atoms with van der Waals surface area (Å²) in [5.41, 5.74) is 8.27. The molecule has 0 saturated heterocycles. The van der Waals surface area contributed by atoms with Gasteiger partial charge in [-0.1, -0.05) is 12.1 Å². The summed E-state index contributed by atoms with van der Waals surface area (Å²) in [5, 5.41) is 13.4. The molecule has 0 unspecified atom stereocenters. The van der Waals surface area contributed by atoms with Crippen LogP contribution in [0.15, 0.2) is 24.3 Å². The van der Waals surface area contributed by atoms with Crippen molar-refractivity contribution >= 4 is 11.6 Å². The van der Waals surface area contributed by atoms with Crippen molar-refractivity contribution in [2.75, 3.05) is 12.8 Å². The molecule has 2 rings (SSSR count). The van der Waals surface area contributed by atoms with Crippen molar-refractivity contribution in [3.05, 3.63) is 41.2 Å². The number of aromatic nitrogens is 2. The summed E-state index contributed by atoms with van der Waals surface area (Å²) in [6.45, 7) is 2.20. The van der Waals surface area contributed by atoms with Crippen LogP contribution in [0.2, 0.25) is 0 Å². The largest absolute Gasteiger partial charge is 0.508 e. The van der Waals surface area contributed by atoms with E-state index in [2.05, 4.69) is 5.10 Å². The number of nitrogens with zero attached hydrogens (tertiary/aromatic N) is 3. The van der Waals surface area contributed by atoms with Gasteiger partial charge in [0.15, 0.2) is 0 Å². The smallest absolute Gasteiger partial charge is 0.274 e. The molecule has 6 heteroatoms. The zero-order valence-corrected chi connectivity index (χ0v) is 11.8. The Labute approximate surface area is 117 Å². The van der Waals surface area contributed by atoms with Crippen LogP contribution < -0.4 is 5.73 Å². The Kier molecular flexibility index (Phi) is 3.65. The maximum atomic E-state index is 12.4. The summed E-state index contributed by atoms with van der Waals surface area (Å²) in [5.74, 6) is 0.0212. The Morgan fingerprint density at radius 3 is 2.50 bits per heavy atom. The molecule has 106 valence electrons. The van der Waals surface area contributed by atoms with Crippen molar-refractivity contribution in [3.8, 4) is 5.75 Å². The van der Waals surface area contributed by atoms with E-state index in [4.69, 9.17) is 5.73 Å². The van der Waals surface area contributed by atoms with Gasteiger partial charge in [-0.2, -0.15) is 5.10 Å². The van der Waals surface area contributed by atoms with Gasteiger partial charge < -0.3 is 15.7 Å². The van der Waals surface area contributed by atoms with Crippen molar-refractivity contribution in [1.29, 1.82) is 0 Å². The number of nitrogens with two attached hydrogens (primary N) is 1. The molecule has 0 saturated carbocycles. The SMILES string of the molecule is Cc1nn(C)c(C(=O)N(C)Cc2ccc(O)cc2)c1N. The van der Waals surface area contributed by atoms with Crippen LogP contribution in [0.3, 0.4) is 0 Å². The first-order valence-corrected chi connectivity index (χ1v) is 6.22. The Hall–Kier alpha value is -2.50. The molecule has 20 heavy (non-hydrogen) atoms. The average Bonchev–Trinajstić information content (AvgIpc) is 2.65. The van der Waals surface area contributed by atoms with Gasteiger partial charge in [-0.25, -0.2) is 0 Å². The van der Waals surface area contributed by atoms with Crippen molar-refractivity contribution < 1.29 is 9.90 Å². The van der Waals surface area contributed by atoms with Crippen molar-refractivity contribution in [3.63, 3.8) is 0 Å². The fourth-order valence-electron chi connectivity index (χ4n) is 2.06. The maximum absolute atomic E-state index is 12.4. The molecule has 0 spiro atoms. The van der Waals surface area contributed by atoms with Crippen LogP contribution in [0, 0.1) is 6.92 Å². The molecule has 0 aliphatic rings. The lowest BCUT2D eigenvalue weighted by Crippen LogP contribution is -2.28. The number of anilines is 1. The van der Waals surface area contributed by atoms with Crippen molar-refractivity contribution in [1.82, 2.24) is 14.7 Å². The fraction of sp³-hybridized carbons (Fsp3) is 0.286. The molecule has 0 atom stereocenters. The van der Waals surface area contributed by atoms with E-state index in [9.17, 15) is 9.90 Å². The Morgan fingerprint density at radius 1 is 1.40 bits per heavy atom. The molecular formula is C14H18N4O2. The molecule has 0 aliphatic heterocycles. The van der Waals surface area contributed by atoms with Gasteiger partial charge in [-0.05, 0) is 24.6 Å². The van der Waals surface area contributed by atoms with E-state index in [1.807, 2.05) is 0 Å². The highest BCUT2D eigenvalue weighted by Gasteiger charge is 2.21. The zero-order valence-electron chi connectivity index (χ0n) is 11.8. The summed E-state index contributed by atoms with van der Waals surface area (Å²) in [7, 11) is 3.40. The number of phenols is 1. The van der Waals surface area contributed by atoms with Crippen LogP contribution in [0.5, 0.6) is 5.75 Å². The van der Waals surface area contributed by atoms with Gasteiger partial charge in [0, 0.05) is 20.6 Å². The first kappa shape index (κ1) is 13.9. The minimum absolute atomic E-state index is 0.182. The average molecular weight is 274 g/mol. The Balaban J connectivity index is 2.18. The van der Waals surface area contributed by atoms with Crippen molar-refractivity contribution in [2.24, 2.45) is 7.05 Å². The fourth-order valence-corrected chi connectivity index (χ4v) is 2.06. The summed E-state index contributed by atoms with van der Waals surface area (Å²) in [4.78, 5) is 14.0. The monoisotopic (exact) mass is 274 g/mol. The summed E-state index contributed by atoms with van der Waals surface area (Å²) in [6.07, 6.45) is 0. The van der Waals surface area contributed by atoms with Gasteiger partial charge in [0.05, 0.1) is 11.4 Å². The summed E-state index contributed by atoms with van der Waals surface area (Å²) in [6, 6.07) is 6.74. The van der Waals surface area contributed by atoms with E-state index >= 15 is 0 Å². The second-order valence-corrected chi connectivity index (χ2v) is 4.80. The van der Waals surface area contributed by atoms with Gasteiger partial charge in [0.2, 0.25) is 0 Å². The number of hydrogen-bond donors (Lipinski definition) is 2. The normalized spacial score (nSPS) is 10.6. The van der Waals surface area contributed by atoms with Crippen LogP contribution in [0.4, 0.5) is 5.69 Å². The third-order valence-electron chi connectivity index (χ3n) is 3.17. The number of nitrogen functional groups attached to an aromatic ring is 1. The number of benzene rings is 1. The second kappa shape index (κ2) is 5.24. The number of amides is 1. The van der Waals surface area contributed by atoms with Crippen molar-refractivity contribution in [2.45, 2.75) is 13.5 Å². The molecule has 3 N–H and O–H groups in total. The molecular weight excluding hydrogens is 256 g/mol. The third-order valence-corrected chi connectivity index (χ3v) is 3.17. The molecule has 1 aromatic heterocycles. The molecule has 1 heterocycles. The van der Waals surface area contributed by atoms with Crippen LogP contribution in [-0.4, -0.2) is 32.7 Å². The van der Waals surface area contributed by atoms with Gasteiger partial charge in [-0.15, -0.1) is 0 Å². The summed E-state index contributed by atoms with van der Waals surface area (Å²) < 4.78 is 1.50. The maximum Gasteiger partial charge on any atom is 0.274 e. The quantitative estimate of drug-likeness (QED) is 0.883. The predicted molar refractivity (Wildman–Crippen MR) is 76.3 cm³/mol. The van der Waals surface area contributed by atoms with E-state index in [0.29, 0.717) is 23.6 Å². The molecule has 1 aromatic carbocycles. The highest BCUT2D eigenvalue weighted by molar-refractivity contribution is 5.97. The zero-order chi connectivity index (χ0) is 14.9. The van der Waals surface area contributed by atoms with E-state index in [1.54, 1.807) is 50.2 Å². The summed E-state index contributed by atoms with van der Waals surface area (Å²) >= 11 is 0. The number of carbonyl (C=O) groups excluding carboxylic acids is 1. The molecule has 0 fully saturated rings. The molecule has 0 bridgehead atoms. The van der Waals surface area contributed by atoms with Crippen LogP contribution in [0.25, 0.3) is 0 Å². The van der Waals surface area contributed by atoms with E-state index in [1.165, 1.54) is 4.68 Å². The number of aromatic hydroxyl groups is 1. The number of aryl methyl sites for hydroxylation is 2. The first-order chi connectivity index (χ1) is 9.40. The standard InChI is InChI=1S/C14H18N4O2/c1-9-12(15)13(18(3)16-9)14(20)17(2)8-10-4-6-11(19)7-5-10/h4-7,19H,8,15H2,1-3H3. The van der Waals surface area contributed by atoms with Gasteiger partial charge in [0.25, 0.3) is 5.91 Å². The van der Waals surface area contributed by atoms with E-state index in [-0.39, 0.29) is 11.7 Å². The highest BCUT2D eigenvalue weighted by Crippen LogP contribution is 2.18. The Bertz CT molecular complexity index is 631. The Morgan fingerprint density at radius 2 is 2.00 bits per heavy atom. The molecule has 1 amide bonds. The minimum atomic E-state index is -0.182. The predicted octanol–water partition coefficient (Wildman–Crippen LogP) is 1.29. The molecule has 2 aromatic rings. The van der Waals surface area contributed by atoms with Crippen LogP contribution >= 0.6 is 0 Å². The lowest BCUT2D eigenvalue weighted by atomic mass is 10.2. The number of carbonyl (C=O) groups is 1. The lowest BCUT2D eigenvalue weighted by Gasteiger charge is -2.17. The number of rotatable bonds is 3. The van der Waals surface area contributed by atoms with Gasteiger partial charge in [-0.3, -0.25) is 9.48 Å². The van der Waals surface area contributed by atoms with Crippen LogP contribution in [0.1, 0.15) is 21.7 Å². The highest BCUT2D eigenvalue weighted by atomic mass is 16.3. The minimum Gasteiger partial charge on any atom is -0.508 e. The van der Waals surface area contributed by atoms with E-state index < -0.39 is 0 Å². The van der Waals surface area contributed by atoms with Crippen LogP contribution in [-0.2, 0) is 13.6 Å². The van der Waals surface area contributed by atoms with Gasteiger partial charge in [0.1, 0.15) is 11.4 Å². The third kappa shape index (κ3) is 2.59. The number of phenolic OH excluding ortho intramolecular Hbond substituents is 1. The van der Waals surface area contributed by atoms with Gasteiger partial charge >= 0.3 is 0 Å². The number of hydrogen-bond acceptors (Lipinski definition) is 4. The first-order valence-electron chi connectivity index (χ1n) is 6.22. The molecule has 6 nitrogen and oxygen atoms in total. The van der Waals surface area contributed by atoms with E-state index in [0.717, 1.165) is 5.56 Å². The molecule has 0 aliphatic carbocycles. The molecule has 0 radical (unpaired) electrons.